The first-order valence-corrected chi connectivity index (χ1v) is 8.34. The molecular weight excluding hydrogens is 356 g/mol. The summed E-state index contributed by atoms with van der Waals surface area (Å²) in [5, 5.41) is 20.3. The topological polar surface area (TPSA) is 137 Å². The van der Waals surface area contributed by atoms with Crippen LogP contribution in [0.4, 0.5) is 23.3 Å². The van der Waals surface area contributed by atoms with Crippen molar-refractivity contribution in [3.8, 4) is 11.3 Å². The van der Waals surface area contributed by atoms with Crippen LogP contribution in [0.5, 0.6) is 0 Å². The predicted molar refractivity (Wildman–Crippen MR) is 97.4 cm³/mol. The minimum absolute atomic E-state index is 0.0577. The van der Waals surface area contributed by atoms with Crippen LogP contribution in [0, 0.1) is 17.0 Å². The Bertz CT molecular complexity index is 1120. The molecule has 0 aliphatic carbocycles. The zero-order valence-electron chi connectivity index (χ0n) is 13.4. The van der Waals surface area contributed by atoms with E-state index in [0.29, 0.717) is 4.96 Å². The normalized spacial score (nSPS) is 11.0. The minimum atomic E-state index is -0.645. The van der Waals surface area contributed by atoms with Gasteiger partial charge in [-0.15, -0.1) is 16.4 Å². The number of hydrogen-bond donors (Lipinski definition) is 2. The van der Waals surface area contributed by atoms with Gasteiger partial charge in [0, 0.05) is 10.9 Å². The number of hydrogen-bond acceptors (Lipinski definition) is 9. The molecule has 0 spiro atoms. The maximum absolute atomic E-state index is 11.2. The first-order chi connectivity index (χ1) is 12.5. The number of nitrogens with zero attached hydrogens (tertiary/aromatic N) is 6. The van der Waals surface area contributed by atoms with Crippen molar-refractivity contribution >= 4 is 39.6 Å². The Balaban J connectivity index is 1.73. The fourth-order valence-electron chi connectivity index (χ4n) is 2.43. The van der Waals surface area contributed by atoms with Crippen LogP contribution in [0.2, 0.25) is 0 Å². The zero-order valence-corrected chi connectivity index (χ0v) is 14.3. The maximum Gasteiger partial charge on any atom is 0.353 e. The molecule has 0 bridgehead atoms. The Kier molecular flexibility index (Phi) is 3.69. The van der Waals surface area contributed by atoms with Gasteiger partial charge >= 0.3 is 5.69 Å². The molecule has 130 valence electrons. The predicted octanol–water partition coefficient (Wildman–Crippen LogP) is 2.79. The Hall–Kier alpha value is -3.60. The standard InChI is InChI=1S/C15H12N8O2S/c1-8-2-4-9(5-3-8)10-6-26-15-20-14(21-22(10)15)19-13-11(23(24)25)12(16)17-7-18-13/h2-7H,1H3,(H3,16,17,18,19,21). The molecular formula is C15H12N8O2S. The zero-order chi connectivity index (χ0) is 18.3. The number of aromatic nitrogens is 5. The summed E-state index contributed by atoms with van der Waals surface area (Å²) in [5.74, 6) is -0.0992. The average Bonchev–Trinajstić information content (AvgIpc) is 3.15. The molecule has 4 aromatic rings. The van der Waals surface area contributed by atoms with Crippen molar-refractivity contribution in [3.05, 3.63) is 51.7 Å². The van der Waals surface area contributed by atoms with E-state index in [2.05, 4.69) is 25.4 Å². The molecule has 0 aliphatic rings. The van der Waals surface area contributed by atoms with Gasteiger partial charge in [0.25, 0.3) is 0 Å². The summed E-state index contributed by atoms with van der Waals surface area (Å²) in [7, 11) is 0. The highest BCUT2D eigenvalue weighted by Gasteiger charge is 2.22. The summed E-state index contributed by atoms with van der Waals surface area (Å²) in [6.45, 7) is 2.02. The van der Waals surface area contributed by atoms with E-state index in [1.54, 1.807) is 4.52 Å². The lowest BCUT2D eigenvalue weighted by Gasteiger charge is -2.03. The Labute approximate surface area is 150 Å². The second kappa shape index (κ2) is 6.04. The van der Waals surface area contributed by atoms with Crippen LogP contribution >= 0.6 is 11.3 Å². The van der Waals surface area contributed by atoms with E-state index in [1.807, 2.05) is 36.6 Å². The number of fused-ring (bicyclic) bond motifs is 1. The summed E-state index contributed by atoms with van der Waals surface area (Å²) >= 11 is 1.42. The Morgan fingerprint density at radius 1 is 1.27 bits per heavy atom. The lowest BCUT2D eigenvalue weighted by molar-refractivity contribution is -0.383. The van der Waals surface area contributed by atoms with Crippen LogP contribution < -0.4 is 11.1 Å². The molecule has 1 aromatic carbocycles. The van der Waals surface area contributed by atoms with E-state index in [0.717, 1.165) is 23.1 Å². The molecule has 3 aromatic heterocycles. The Morgan fingerprint density at radius 2 is 2.04 bits per heavy atom. The summed E-state index contributed by atoms with van der Waals surface area (Å²) in [6.07, 6.45) is 1.14. The van der Waals surface area contributed by atoms with Gasteiger partial charge in [0.2, 0.25) is 22.5 Å². The van der Waals surface area contributed by atoms with Crippen LogP contribution in [0.15, 0.2) is 36.0 Å². The van der Waals surface area contributed by atoms with Crippen LogP contribution in [-0.4, -0.2) is 29.5 Å². The molecule has 0 amide bonds. The van der Waals surface area contributed by atoms with Gasteiger partial charge in [0.1, 0.15) is 6.33 Å². The van der Waals surface area contributed by atoms with Crippen molar-refractivity contribution in [1.29, 1.82) is 0 Å². The average molecular weight is 368 g/mol. The van der Waals surface area contributed by atoms with E-state index < -0.39 is 10.6 Å². The number of anilines is 3. The quantitative estimate of drug-likeness (QED) is 0.414. The van der Waals surface area contributed by atoms with Gasteiger partial charge in [0.15, 0.2) is 0 Å². The van der Waals surface area contributed by atoms with Gasteiger partial charge in [-0.1, -0.05) is 29.8 Å². The molecule has 0 saturated heterocycles. The fraction of sp³-hybridized carbons (Fsp3) is 0.0667. The van der Waals surface area contributed by atoms with Crippen molar-refractivity contribution in [2.45, 2.75) is 6.92 Å². The summed E-state index contributed by atoms with van der Waals surface area (Å²) < 4.78 is 1.67. The number of nitrogen functional groups attached to an aromatic ring is 1. The number of aryl methyl sites for hydroxylation is 1. The lowest BCUT2D eigenvalue weighted by Crippen LogP contribution is -2.05. The third kappa shape index (κ3) is 2.69. The van der Waals surface area contributed by atoms with Gasteiger partial charge in [-0.3, -0.25) is 10.1 Å². The number of rotatable bonds is 4. The van der Waals surface area contributed by atoms with E-state index >= 15 is 0 Å². The van der Waals surface area contributed by atoms with Crippen LogP contribution in [0.3, 0.4) is 0 Å². The van der Waals surface area contributed by atoms with Crippen molar-refractivity contribution in [3.63, 3.8) is 0 Å². The molecule has 0 fully saturated rings. The van der Waals surface area contributed by atoms with E-state index in [-0.39, 0.29) is 17.6 Å². The molecule has 11 heteroatoms. The Morgan fingerprint density at radius 3 is 2.77 bits per heavy atom. The third-order valence-electron chi connectivity index (χ3n) is 3.69. The smallest absolute Gasteiger partial charge is 0.353 e. The number of nitrogens with one attached hydrogen (secondary N) is 1. The van der Waals surface area contributed by atoms with E-state index in [1.165, 1.54) is 11.3 Å². The van der Waals surface area contributed by atoms with Gasteiger partial charge in [-0.05, 0) is 6.92 Å². The van der Waals surface area contributed by atoms with Crippen LogP contribution in [-0.2, 0) is 0 Å². The molecule has 10 nitrogen and oxygen atoms in total. The minimum Gasteiger partial charge on any atom is -0.378 e. The highest BCUT2D eigenvalue weighted by Crippen LogP contribution is 2.30. The SMILES string of the molecule is Cc1ccc(-c2csc3nc(Nc4ncnc(N)c4[N+](=O)[O-])nn23)cc1. The van der Waals surface area contributed by atoms with Crippen molar-refractivity contribution in [2.75, 3.05) is 11.1 Å². The molecule has 0 atom stereocenters. The monoisotopic (exact) mass is 368 g/mol. The van der Waals surface area contributed by atoms with Gasteiger partial charge < -0.3 is 11.1 Å². The molecule has 4 rings (SSSR count). The first kappa shape index (κ1) is 15.9. The van der Waals surface area contributed by atoms with E-state index in [4.69, 9.17) is 5.73 Å². The van der Waals surface area contributed by atoms with Gasteiger partial charge in [-0.2, -0.15) is 4.98 Å². The molecule has 0 aliphatic heterocycles. The highest BCUT2D eigenvalue weighted by atomic mass is 32.1. The molecule has 3 N–H and O–H groups in total. The second-order valence-corrected chi connectivity index (χ2v) is 6.29. The number of thiazole rings is 1. The van der Waals surface area contributed by atoms with E-state index in [9.17, 15) is 10.1 Å². The first-order valence-electron chi connectivity index (χ1n) is 7.46. The summed E-state index contributed by atoms with van der Waals surface area (Å²) in [4.78, 5) is 23.0. The summed E-state index contributed by atoms with van der Waals surface area (Å²) in [5.41, 5.74) is 8.19. The molecule has 3 heterocycles. The van der Waals surface area contributed by atoms with Gasteiger partial charge in [0.05, 0.1) is 10.6 Å². The number of benzene rings is 1. The third-order valence-corrected chi connectivity index (χ3v) is 4.51. The second-order valence-electron chi connectivity index (χ2n) is 5.45. The molecule has 26 heavy (non-hydrogen) atoms. The van der Waals surface area contributed by atoms with Crippen LogP contribution in [0.25, 0.3) is 16.2 Å². The largest absolute Gasteiger partial charge is 0.378 e. The number of nitrogens with two attached hydrogens (primary N) is 1. The van der Waals surface area contributed by atoms with Crippen molar-refractivity contribution < 1.29 is 4.92 Å². The molecule has 0 unspecified atom stereocenters. The molecule has 0 radical (unpaired) electrons. The summed E-state index contributed by atoms with van der Waals surface area (Å²) in [6, 6.07) is 8.03. The molecule has 0 saturated carbocycles. The van der Waals surface area contributed by atoms with Crippen molar-refractivity contribution in [1.82, 2.24) is 24.6 Å². The fourth-order valence-corrected chi connectivity index (χ4v) is 3.26. The highest BCUT2D eigenvalue weighted by molar-refractivity contribution is 7.15. The maximum atomic E-state index is 11.2. The van der Waals surface area contributed by atoms with Gasteiger partial charge in [-0.25, -0.2) is 14.5 Å². The van der Waals surface area contributed by atoms with Crippen molar-refractivity contribution in [2.24, 2.45) is 0 Å². The lowest BCUT2D eigenvalue weighted by atomic mass is 10.1. The number of nitro groups is 1. The van der Waals surface area contributed by atoms with Crippen LogP contribution in [0.1, 0.15) is 5.56 Å².